The summed E-state index contributed by atoms with van der Waals surface area (Å²) in [7, 11) is 0. The zero-order chi connectivity index (χ0) is 14.0. The van der Waals surface area contributed by atoms with E-state index in [1.165, 1.54) is 0 Å². The third-order valence-electron chi connectivity index (χ3n) is 5.37. The van der Waals surface area contributed by atoms with Gasteiger partial charge >= 0.3 is 17.8 Å². The highest BCUT2D eigenvalue weighted by molar-refractivity contribution is 5.73. The van der Waals surface area contributed by atoms with Crippen molar-refractivity contribution in [1.82, 2.24) is 0 Å². The second-order valence-electron chi connectivity index (χ2n) is 5.84. The third-order valence-corrected chi connectivity index (χ3v) is 5.37. The lowest BCUT2D eigenvalue weighted by Gasteiger charge is -2.61. The van der Waals surface area contributed by atoms with Crippen LogP contribution >= 0.6 is 0 Å². The normalized spacial score (nSPS) is 59.4. The molecule has 4 aliphatic rings. The predicted molar refractivity (Wildman–Crippen MR) is 47.2 cm³/mol. The Hall–Kier alpha value is -0.950. The summed E-state index contributed by atoms with van der Waals surface area (Å²) in [5.41, 5.74) is -7.82. The van der Waals surface area contributed by atoms with E-state index in [2.05, 4.69) is 0 Å². The lowest BCUT2D eigenvalue weighted by atomic mass is 9.52. The molecule has 0 aromatic heterocycles. The minimum atomic E-state index is -5.06. The van der Waals surface area contributed by atoms with E-state index in [1.807, 2.05) is 0 Å². The average Bonchev–Trinajstić information content (AvgIpc) is 2.88. The van der Waals surface area contributed by atoms with E-state index in [4.69, 9.17) is 4.74 Å². The Kier molecular flexibility index (Phi) is 1.62. The molecule has 1 saturated heterocycles. The van der Waals surface area contributed by atoms with E-state index in [0.717, 1.165) is 0 Å². The Morgan fingerprint density at radius 3 is 2.05 bits per heavy atom. The van der Waals surface area contributed by atoms with Gasteiger partial charge in [0.15, 0.2) is 0 Å². The first kappa shape index (κ1) is 11.8. The van der Waals surface area contributed by atoms with Crippen LogP contribution < -0.4 is 0 Å². The molecule has 4 fully saturated rings. The van der Waals surface area contributed by atoms with Gasteiger partial charge in [-0.1, -0.05) is 0 Å². The molecule has 2 nitrogen and oxygen atoms in total. The van der Waals surface area contributed by atoms with Crippen LogP contribution in [0.4, 0.5) is 26.3 Å². The maximum Gasteiger partial charge on any atom is 0.350 e. The van der Waals surface area contributed by atoms with Crippen molar-refractivity contribution >= 4 is 5.97 Å². The van der Waals surface area contributed by atoms with Crippen LogP contribution in [-0.4, -0.2) is 35.3 Å². The van der Waals surface area contributed by atoms with E-state index in [0.29, 0.717) is 0 Å². The molecule has 3 saturated carbocycles. The molecule has 0 N–H and O–H groups in total. The van der Waals surface area contributed by atoms with E-state index in [-0.39, 0.29) is 6.42 Å². The molecule has 19 heavy (non-hydrogen) atoms. The average molecular weight is 286 g/mol. The Morgan fingerprint density at radius 1 is 0.947 bits per heavy atom. The van der Waals surface area contributed by atoms with Gasteiger partial charge in [0, 0.05) is 17.8 Å². The fraction of sp³-hybridized carbons (Fsp3) is 0.909. The largest absolute Gasteiger partial charge is 0.462 e. The van der Waals surface area contributed by atoms with Gasteiger partial charge in [-0.05, 0) is 6.42 Å². The van der Waals surface area contributed by atoms with Crippen molar-refractivity contribution < 1.29 is 35.9 Å². The van der Waals surface area contributed by atoms with Crippen molar-refractivity contribution in [2.24, 2.45) is 17.8 Å². The summed E-state index contributed by atoms with van der Waals surface area (Å²) >= 11 is 0. The number of alkyl halides is 6. The van der Waals surface area contributed by atoms with Gasteiger partial charge in [-0.15, -0.1) is 0 Å². The lowest BCUT2D eigenvalue weighted by molar-refractivity contribution is -0.455. The summed E-state index contributed by atoms with van der Waals surface area (Å²) in [4.78, 5) is 11.1. The molecule has 0 spiro atoms. The second-order valence-corrected chi connectivity index (χ2v) is 5.84. The molecule has 0 unspecified atom stereocenters. The number of halogens is 6. The van der Waals surface area contributed by atoms with Gasteiger partial charge in [0.05, 0.1) is 6.42 Å². The summed E-state index contributed by atoms with van der Waals surface area (Å²) in [6.45, 7) is 0. The van der Waals surface area contributed by atoms with Crippen molar-refractivity contribution in [3.8, 4) is 0 Å². The number of carbonyl (C=O) groups is 1. The molecule has 2 bridgehead atoms. The van der Waals surface area contributed by atoms with Gasteiger partial charge in [0.25, 0.3) is 0 Å². The van der Waals surface area contributed by atoms with Gasteiger partial charge in [0.2, 0.25) is 11.3 Å². The summed E-state index contributed by atoms with van der Waals surface area (Å²) in [6.07, 6.45) is -1.94. The van der Waals surface area contributed by atoms with Crippen LogP contribution in [0.3, 0.4) is 0 Å². The summed E-state index contributed by atoms with van der Waals surface area (Å²) in [5, 5.41) is 0. The van der Waals surface area contributed by atoms with Crippen LogP contribution in [0.15, 0.2) is 0 Å². The van der Waals surface area contributed by atoms with E-state index >= 15 is 0 Å². The zero-order valence-electron chi connectivity index (χ0n) is 9.31. The smallest absolute Gasteiger partial charge is 0.350 e. The highest BCUT2D eigenvalue weighted by atomic mass is 19.3. The third kappa shape index (κ3) is 0.765. The lowest BCUT2D eigenvalue weighted by Crippen LogP contribution is -2.89. The monoisotopic (exact) mass is 286 g/mol. The number of hydrogen-bond donors (Lipinski definition) is 0. The number of hydrogen-bond acceptors (Lipinski definition) is 2. The van der Waals surface area contributed by atoms with E-state index < -0.39 is 59.4 Å². The number of ether oxygens (including phenoxy) is 1. The van der Waals surface area contributed by atoms with Gasteiger partial charge in [-0.3, -0.25) is 4.79 Å². The molecule has 0 aromatic rings. The fourth-order valence-corrected chi connectivity index (χ4v) is 4.63. The van der Waals surface area contributed by atoms with Crippen LogP contribution in [0, 0.1) is 17.8 Å². The highest BCUT2D eigenvalue weighted by Gasteiger charge is 3.05. The molecular weight excluding hydrogens is 278 g/mol. The summed E-state index contributed by atoms with van der Waals surface area (Å²) < 4.78 is 87.2. The Morgan fingerprint density at radius 2 is 1.47 bits per heavy atom. The van der Waals surface area contributed by atoms with Crippen LogP contribution in [0.25, 0.3) is 0 Å². The maximum atomic E-state index is 14.4. The quantitative estimate of drug-likeness (QED) is 0.504. The molecule has 1 aliphatic heterocycles. The zero-order valence-corrected chi connectivity index (χ0v) is 9.31. The first-order chi connectivity index (χ1) is 8.60. The summed E-state index contributed by atoms with van der Waals surface area (Å²) in [6, 6.07) is 0. The van der Waals surface area contributed by atoms with Crippen molar-refractivity contribution in [3.05, 3.63) is 0 Å². The number of carbonyl (C=O) groups excluding carboxylic acids is 1. The Balaban J connectivity index is 1.87. The first-order valence-corrected chi connectivity index (χ1v) is 5.93. The second kappa shape index (κ2) is 2.61. The van der Waals surface area contributed by atoms with Crippen LogP contribution in [0.1, 0.15) is 12.8 Å². The molecule has 6 atom stereocenters. The standard InChI is InChI=1S/C11H8F6O2/c12-8-4-2-5(7-3(4)1-6(18)19-7)9(8,13)11(16,17)10(8,14)15/h3-5,7H,1-2H2/t3-,4+,5-,7+,8+,9+/m1/s1. The van der Waals surface area contributed by atoms with Gasteiger partial charge in [-0.2, -0.15) is 17.6 Å². The Labute approximate surface area is 103 Å². The number of esters is 1. The fourth-order valence-electron chi connectivity index (χ4n) is 4.63. The molecule has 0 amide bonds. The molecule has 0 radical (unpaired) electrons. The van der Waals surface area contributed by atoms with Gasteiger partial charge in [-0.25, -0.2) is 8.78 Å². The first-order valence-electron chi connectivity index (χ1n) is 5.93. The molecule has 106 valence electrons. The van der Waals surface area contributed by atoms with E-state index in [9.17, 15) is 31.1 Å². The Bertz CT molecular complexity index is 465. The number of rotatable bonds is 0. The van der Waals surface area contributed by atoms with Gasteiger partial charge in [0.1, 0.15) is 6.10 Å². The SMILES string of the molecule is O=C1C[C@H]2[C@H](O1)[C@H]1C[C@@H]2[C@@]2(F)C(F)(F)C(F)(F)[C@]12F. The molecule has 0 aromatic carbocycles. The number of fused-ring (bicyclic) bond motifs is 8. The predicted octanol–water partition coefficient (Wildman–Crippen LogP) is 2.27. The molecule has 8 heteroatoms. The minimum absolute atomic E-state index is 0.310. The van der Waals surface area contributed by atoms with Crippen LogP contribution in [0.5, 0.6) is 0 Å². The topological polar surface area (TPSA) is 26.3 Å². The summed E-state index contributed by atoms with van der Waals surface area (Å²) in [5.74, 6) is -15.1. The van der Waals surface area contributed by atoms with Crippen molar-refractivity contribution in [3.63, 3.8) is 0 Å². The molecule has 1 heterocycles. The van der Waals surface area contributed by atoms with Crippen molar-refractivity contribution in [2.75, 3.05) is 0 Å². The van der Waals surface area contributed by atoms with Crippen LogP contribution in [0.2, 0.25) is 0 Å². The molecular formula is C11H8F6O2. The van der Waals surface area contributed by atoms with Crippen molar-refractivity contribution in [1.29, 1.82) is 0 Å². The van der Waals surface area contributed by atoms with Crippen LogP contribution in [-0.2, 0) is 9.53 Å². The highest BCUT2D eigenvalue weighted by Crippen LogP contribution is 2.82. The minimum Gasteiger partial charge on any atom is -0.462 e. The van der Waals surface area contributed by atoms with Crippen molar-refractivity contribution in [2.45, 2.75) is 42.1 Å². The molecule has 3 aliphatic carbocycles. The van der Waals surface area contributed by atoms with Gasteiger partial charge < -0.3 is 4.74 Å². The van der Waals surface area contributed by atoms with E-state index in [1.54, 1.807) is 0 Å². The maximum absolute atomic E-state index is 14.4. The molecule has 4 rings (SSSR count).